The molecule has 126 valence electrons. The Balaban J connectivity index is 0.000000185. The summed E-state index contributed by atoms with van der Waals surface area (Å²) < 4.78 is 1.04. The molecule has 0 fully saturated rings. The van der Waals surface area contributed by atoms with Crippen molar-refractivity contribution in [3.05, 3.63) is 50.4 Å². The highest BCUT2D eigenvalue weighted by atomic mass is 79.9. The third-order valence-electron chi connectivity index (χ3n) is 3.09. The molecule has 0 aliphatic carbocycles. The molecule has 0 saturated heterocycles. The van der Waals surface area contributed by atoms with Gasteiger partial charge >= 0.3 is 0 Å². The van der Waals surface area contributed by atoms with Crippen LogP contribution in [0.25, 0.3) is 10.6 Å². The number of nitrogens with zero attached hydrogens (tertiary/aromatic N) is 2. The summed E-state index contributed by atoms with van der Waals surface area (Å²) >= 11 is 6.62. The molecule has 3 aromatic rings. The highest BCUT2D eigenvalue weighted by molar-refractivity contribution is 9.10. The van der Waals surface area contributed by atoms with Crippen molar-refractivity contribution in [1.29, 1.82) is 0 Å². The first-order valence-corrected chi connectivity index (χ1v) is 9.78. The van der Waals surface area contributed by atoms with Crippen molar-refractivity contribution >= 4 is 50.0 Å². The summed E-state index contributed by atoms with van der Waals surface area (Å²) in [5.41, 5.74) is 3.15. The van der Waals surface area contributed by atoms with Gasteiger partial charge in [-0.1, -0.05) is 28.1 Å². The van der Waals surface area contributed by atoms with E-state index >= 15 is 0 Å². The average Bonchev–Trinajstić information content (AvgIpc) is 3.16. The Bertz CT molecular complexity index is 797. The number of nitrogens with one attached hydrogen (secondary N) is 1. The zero-order valence-corrected chi connectivity index (χ0v) is 16.9. The van der Waals surface area contributed by atoms with Crippen molar-refractivity contribution in [2.45, 2.75) is 20.3 Å². The predicted molar refractivity (Wildman–Crippen MR) is 106 cm³/mol. The minimum absolute atomic E-state index is 0.507. The van der Waals surface area contributed by atoms with E-state index in [0.29, 0.717) is 6.42 Å². The van der Waals surface area contributed by atoms with Gasteiger partial charge in [-0.15, -0.1) is 22.7 Å². The Morgan fingerprint density at radius 2 is 1.92 bits per heavy atom. The van der Waals surface area contributed by atoms with Crippen LogP contribution in [-0.4, -0.2) is 23.3 Å². The fourth-order valence-electron chi connectivity index (χ4n) is 1.98. The molecule has 3 rings (SSSR count). The minimum Gasteiger partial charge on any atom is -0.365 e. The third-order valence-corrected chi connectivity index (χ3v) is 5.57. The van der Waals surface area contributed by atoms with Gasteiger partial charge in [-0.05, 0) is 31.5 Å². The maximum Gasteiger partial charge on any atom is 0.182 e. The van der Waals surface area contributed by atoms with E-state index in [0.717, 1.165) is 37.8 Å². The number of halogens is 1. The van der Waals surface area contributed by atoms with E-state index in [2.05, 4.69) is 36.6 Å². The first kappa shape index (κ1) is 18.8. The number of rotatable bonds is 4. The van der Waals surface area contributed by atoms with Crippen molar-refractivity contribution in [2.24, 2.45) is 0 Å². The lowest BCUT2D eigenvalue weighted by atomic mass is 10.2. The summed E-state index contributed by atoms with van der Waals surface area (Å²) in [5.74, 6) is 0. The van der Waals surface area contributed by atoms with E-state index < -0.39 is 0 Å². The second-order valence-electron chi connectivity index (χ2n) is 4.93. The molecule has 0 unspecified atom stereocenters. The van der Waals surface area contributed by atoms with Gasteiger partial charge in [0.2, 0.25) is 0 Å². The maximum absolute atomic E-state index is 10.0. The third kappa shape index (κ3) is 5.22. The van der Waals surface area contributed by atoms with Crippen molar-refractivity contribution in [3.63, 3.8) is 0 Å². The number of aryl methyl sites for hydroxylation is 2. The molecule has 0 amide bonds. The molecule has 4 nitrogen and oxygen atoms in total. The Kier molecular flexibility index (Phi) is 7.08. The Hall–Kier alpha value is -1.57. The molecule has 0 radical (unpaired) electrons. The molecule has 0 saturated carbocycles. The normalized spacial score (nSPS) is 10.0. The van der Waals surface area contributed by atoms with Crippen LogP contribution < -0.4 is 5.32 Å². The van der Waals surface area contributed by atoms with Gasteiger partial charge in [-0.2, -0.15) is 0 Å². The fourth-order valence-corrected chi connectivity index (χ4v) is 3.86. The molecule has 2 aromatic heterocycles. The molecule has 0 aliphatic rings. The molecular formula is C17H18BrN3OS2. The number of anilines is 1. The highest BCUT2D eigenvalue weighted by Gasteiger charge is 2.10. The second-order valence-corrected chi connectivity index (χ2v) is 7.91. The smallest absolute Gasteiger partial charge is 0.182 e. The van der Waals surface area contributed by atoms with E-state index in [4.69, 9.17) is 0 Å². The molecule has 2 heterocycles. The SMILES string of the molecule is CNc1nc(-c2sc(C)nc2C)cs1.O=CCc1ccc(Br)cc1. The van der Waals surface area contributed by atoms with E-state index in [-0.39, 0.29) is 0 Å². The van der Waals surface area contributed by atoms with Crippen LogP contribution >= 0.6 is 38.6 Å². The van der Waals surface area contributed by atoms with Gasteiger partial charge in [0.05, 0.1) is 21.3 Å². The summed E-state index contributed by atoms with van der Waals surface area (Å²) in [7, 11) is 1.88. The Morgan fingerprint density at radius 1 is 1.21 bits per heavy atom. The standard InChI is InChI=1S/C9H11N3S2.C8H7BrO/c1-5-8(14-6(2)11-5)7-4-13-9(10-3)12-7;9-8-3-1-7(2-4-8)5-6-10/h4H,1-3H3,(H,10,12);1-4,6H,5H2. The molecule has 7 heteroatoms. The minimum atomic E-state index is 0.507. The molecule has 0 spiro atoms. The van der Waals surface area contributed by atoms with Crippen LogP contribution in [0.3, 0.4) is 0 Å². The van der Waals surface area contributed by atoms with Gasteiger partial charge in [0, 0.05) is 23.3 Å². The Labute approximate surface area is 158 Å². The van der Waals surface area contributed by atoms with Crippen LogP contribution in [0.2, 0.25) is 0 Å². The number of aromatic nitrogens is 2. The molecule has 0 aliphatic heterocycles. The van der Waals surface area contributed by atoms with Gasteiger partial charge in [0.15, 0.2) is 5.13 Å². The van der Waals surface area contributed by atoms with Gasteiger partial charge < -0.3 is 10.1 Å². The number of benzene rings is 1. The molecule has 1 aromatic carbocycles. The highest BCUT2D eigenvalue weighted by Crippen LogP contribution is 2.31. The lowest BCUT2D eigenvalue weighted by molar-refractivity contribution is -0.107. The summed E-state index contributed by atoms with van der Waals surface area (Å²) in [5, 5.41) is 7.14. The van der Waals surface area contributed by atoms with Crippen LogP contribution in [0.4, 0.5) is 5.13 Å². The summed E-state index contributed by atoms with van der Waals surface area (Å²) in [6.07, 6.45) is 1.41. The van der Waals surface area contributed by atoms with Gasteiger partial charge in [0.25, 0.3) is 0 Å². The van der Waals surface area contributed by atoms with Gasteiger partial charge in [-0.3, -0.25) is 0 Å². The molecule has 0 bridgehead atoms. The number of aldehydes is 1. The van der Waals surface area contributed by atoms with Crippen LogP contribution in [0.1, 0.15) is 16.3 Å². The van der Waals surface area contributed by atoms with Crippen molar-refractivity contribution in [2.75, 3.05) is 12.4 Å². The van der Waals surface area contributed by atoms with Gasteiger partial charge in [-0.25, -0.2) is 9.97 Å². The second kappa shape index (κ2) is 9.05. The van der Waals surface area contributed by atoms with Gasteiger partial charge in [0.1, 0.15) is 6.29 Å². The number of hydrogen-bond acceptors (Lipinski definition) is 6. The van der Waals surface area contributed by atoms with E-state index in [1.165, 1.54) is 4.88 Å². The zero-order valence-electron chi connectivity index (χ0n) is 13.7. The fraction of sp³-hybridized carbons (Fsp3) is 0.235. The first-order valence-electron chi connectivity index (χ1n) is 7.29. The van der Waals surface area contributed by atoms with Crippen LogP contribution in [0.15, 0.2) is 34.1 Å². The first-order chi connectivity index (χ1) is 11.5. The zero-order chi connectivity index (χ0) is 17.5. The molecular weight excluding hydrogens is 406 g/mol. The van der Waals surface area contributed by atoms with E-state index in [9.17, 15) is 4.79 Å². The van der Waals surface area contributed by atoms with Crippen molar-refractivity contribution < 1.29 is 4.79 Å². The topological polar surface area (TPSA) is 54.9 Å². The Morgan fingerprint density at radius 3 is 2.42 bits per heavy atom. The summed E-state index contributed by atoms with van der Waals surface area (Å²) in [6.45, 7) is 4.05. The molecule has 1 N–H and O–H groups in total. The number of hydrogen-bond donors (Lipinski definition) is 1. The average molecular weight is 424 g/mol. The van der Waals surface area contributed by atoms with Crippen LogP contribution in [0.5, 0.6) is 0 Å². The quantitative estimate of drug-likeness (QED) is 0.591. The number of carbonyl (C=O) groups is 1. The molecule has 24 heavy (non-hydrogen) atoms. The largest absolute Gasteiger partial charge is 0.365 e. The number of thiazole rings is 2. The monoisotopic (exact) mass is 423 g/mol. The summed E-state index contributed by atoms with van der Waals surface area (Å²) in [6, 6.07) is 7.72. The lowest BCUT2D eigenvalue weighted by Gasteiger charge is -1.92. The molecule has 0 atom stereocenters. The predicted octanol–water partition coefficient (Wildman–Crippen LogP) is 5.12. The van der Waals surface area contributed by atoms with E-state index in [1.807, 2.05) is 45.2 Å². The maximum atomic E-state index is 10.0. The van der Waals surface area contributed by atoms with Crippen LogP contribution in [0, 0.1) is 13.8 Å². The number of carbonyl (C=O) groups excluding carboxylic acids is 1. The summed E-state index contributed by atoms with van der Waals surface area (Å²) in [4.78, 5) is 20.1. The van der Waals surface area contributed by atoms with Crippen molar-refractivity contribution in [3.8, 4) is 10.6 Å². The van der Waals surface area contributed by atoms with E-state index in [1.54, 1.807) is 22.7 Å². The van der Waals surface area contributed by atoms with Crippen LogP contribution in [-0.2, 0) is 11.2 Å². The lowest BCUT2D eigenvalue weighted by Crippen LogP contribution is -1.85. The van der Waals surface area contributed by atoms with Crippen molar-refractivity contribution in [1.82, 2.24) is 9.97 Å².